The van der Waals surface area contributed by atoms with E-state index in [-0.39, 0.29) is 0 Å². The van der Waals surface area contributed by atoms with Gasteiger partial charge in [-0.3, -0.25) is 0 Å². The van der Waals surface area contributed by atoms with Gasteiger partial charge in [-0.05, 0) is 44.4 Å². The van der Waals surface area contributed by atoms with Crippen molar-refractivity contribution in [3.8, 4) is 5.75 Å². The minimum atomic E-state index is 0.635. The van der Waals surface area contributed by atoms with Crippen LogP contribution in [0.3, 0.4) is 0 Å². The molecule has 0 saturated carbocycles. The second-order valence-electron chi connectivity index (χ2n) is 4.31. The molecule has 2 N–H and O–H groups in total. The van der Waals surface area contributed by atoms with E-state index in [0.717, 1.165) is 29.7 Å². The highest BCUT2D eigenvalue weighted by atomic mass is 32.1. The Morgan fingerprint density at radius 3 is 2.59 bits per heavy atom. The number of H-pyrrole nitrogens is 2. The molecule has 0 radical (unpaired) electrons. The zero-order valence-electron chi connectivity index (χ0n) is 10.3. The van der Waals surface area contributed by atoms with Crippen molar-refractivity contribution in [3.05, 3.63) is 22.5 Å². The van der Waals surface area contributed by atoms with Gasteiger partial charge in [0.2, 0.25) is 0 Å². The molecule has 92 valence electrons. The molecule has 0 atom stereocenters. The predicted octanol–water partition coefficient (Wildman–Crippen LogP) is 2.34. The largest absolute Gasteiger partial charge is 0.494 e. The SMILES string of the molecule is COc1ccc(CCN(C)C)c2[nH]c(=S)[nH]c12. The molecule has 2 aromatic rings. The number of aromatic amines is 2. The summed E-state index contributed by atoms with van der Waals surface area (Å²) in [6.07, 6.45) is 0.983. The van der Waals surface area contributed by atoms with Crippen molar-refractivity contribution < 1.29 is 4.74 Å². The number of aromatic nitrogens is 2. The van der Waals surface area contributed by atoms with E-state index in [9.17, 15) is 0 Å². The van der Waals surface area contributed by atoms with Gasteiger partial charge in [-0.15, -0.1) is 0 Å². The van der Waals surface area contributed by atoms with Crippen molar-refractivity contribution in [2.45, 2.75) is 6.42 Å². The van der Waals surface area contributed by atoms with E-state index >= 15 is 0 Å². The molecule has 0 amide bonds. The van der Waals surface area contributed by atoms with Crippen LogP contribution in [0.1, 0.15) is 5.56 Å². The van der Waals surface area contributed by atoms with E-state index in [1.54, 1.807) is 7.11 Å². The Morgan fingerprint density at radius 1 is 1.24 bits per heavy atom. The fourth-order valence-corrected chi connectivity index (χ4v) is 2.08. The first-order chi connectivity index (χ1) is 8.11. The van der Waals surface area contributed by atoms with Crippen molar-refractivity contribution in [2.75, 3.05) is 27.7 Å². The molecule has 2 rings (SSSR count). The van der Waals surface area contributed by atoms with Gasteiger partial charge < -0.3 is 19.6 Å². The number of likely N-dealkylation sites (N-methyl/N-ethyl adjacent to an activating group) is 1. The third-order valence-corrected chi connectivity index (χ3v) is 2.98. The summed E-state index contributed by atoms with van der Waals surface area (Å²) < 4.78 is 5.95. The lowest BCUT2D eigenvalue weighted by molar-refractivity contribution is 0.412. The number of rotatable bonds is 4. The normalized spacial score (nSPS) is 11.3. The summed E-state index contributed by atoms with van der Waals surface area (Å²) >= 11 is 5.14. The van der Waals surface area contributed by atoms with E-state index in [1.165, 1.54) is 5.56 Å². The molecule has 17 heavy (non-hydrogen) atoms. The van der Waals surface area contributed by atoms with E-state index in [4.69, 9.17) is 17.0 Å². The predicted molar refractivity (Wildman–Crippen MR) is 72.3 cm³/mol. The summed E-state index contributed by atoms with van der Waals surface area (Å²) in [5.74, 6) is 0.820. The van der Waals surface area contributed by atoms with Crippen molar-refractivity contribution in [1.29, 1.82) is 0 Å². The summed E-state index contributed by atoms with van der Waals surface area (Å²) in [7, 11) is 5.80. The van der Waals surface area contributed by atoms with E-state index < -0.39 is 0 Å². The molecule has 0 aliphatic carbocycles. The Morgan fingerprint density at radius 2 is 1.94 bits per heavy atom. The maximum Gasteiger partial charge on any atom is 0.175 e. The molecular weight excluding hydrogens is 234 g/mol. The lowest BCUT2D eigenvalue weighted by Gasteiger charge is -2.10. The average Bonchev–Trinajstić information content (AvgIpc) is 2.67. The van der Waals surface area contributed by atoms with Gasteiger partial charge >= 0.3 is 0 Å². The smallest absolute Gasteiger partial charge is 0.175 e. The molecular formula is C12H17N3OS. The topological polar surface area (TPSA) is 44.0 Å². The first-order valence-corrected chi connectivity index (χ1v) is 5.95. The maximum absolute atomic E-state index is 5.31. The number of hydrogen-bond donors (Lipinski definition) is 2. The van der Waals surface area contributed by atoms with Gasteiger partial charge in [0, 0.05) is 6.54 Å². The third-order valence-electron chi connectivity index (χ3n) is 2.78. The maximum atomic E-state index is 5.31. The van der Waals surface area contributed by atoms with Gasteiger partial charge in [0.05, 0.1) is 12.6 Å². The van der Waals surface area contributed by atoms with Gasteiger partial charge in [0.1, 0.15) is 11.3 Å². The van der Waals surface area contributed by atoms with Crippen LogP contribution >= 0.6 is 12.2 Å². The number of nitrogens with one attached hydrogen (secondary N) is 2. The lowest BCUT2D eigenvalue weighted by Crippen LogP contribution is -2.15. The summed E-state index contributed by atoms with van der Waals surface area (Å²) in [5, 5.41) is 0. The Hall–Kier alpha value is -1.33. The Balaban J connectivity index is 2.47. The van der Waals surface area contributed by atoms with E-state index in [1.807, 2.05) is 6.07 Å². The average molecular weight is 251 g/mol. The lowest BCUT2D eigenvalue weighted by atomic mass is 10.1. The van der Waals surface area contributed by atoms with Gasteiger partial charge in [-0.2, -0.15) is 0 Å². The molecule has 1 aromatic carbocycles. The highest BCUT2D eigenvalue weighted by Gasteiger charge is 2.08. The zero-order valence-corrected chi connectivity index (χ0v) is 11.1. The van der Waals surface area contributed by atoms with Crippen LogP contribution in [-0.2, 0) is 6.42 Å². The number of ether oxygens (including phenoxy) is 1. The quantitative estimate of drug-likeness (QED) is 0.820. The molecule has 1 heterocycles. The van der Waals surface area contributed by atoms with Crippen LogP contribution < -0.4 is 4.74 Å². The number of nitrogens with zero attached hydrogens (tertiary/aromatic N) is 1. The second kappa shape index (κ2) is 4.89. The fourth-order valence-electron chi connectivity index (χ4n) is 1.87. The van der Waals surface area contributed by atoms with Crippen molar-refractivity contribution in [3.63, 3.8) is 0 Å². The number of fused-ring (bicyclic) bond motifs is 1. The van der Waals surface area contributed by atoms with Crippen LogP contribution in [0.25, 0.3) is 11.0 Å². The van der Waals surface area contributed by atoms with Crippen molar-refractivity contribution in [1.82, 2.24) is 14.9 Å². The molecule has 0 fully saturated rings. The number of methoxy groups -OCH3 is 1. The van der Waals surface area contributed by atoms with Crippen molar-refractivity contribution in [2.24, 2.45) is 0 Å². The first-order valence-electron chi connectivity index (χ1n) is 5.54. The molecule has 0 spiro atoms. The molecule has 4 nitrogen and oxygen atoms in total. The number of benzene rings is 1. The van der Waals surface area contributed by atoms with Gasteiger partial charge in [0.15, 0.2) is 4.77 Å². The summed E-state index contributed by atoms with van der Waals surface area (Å²) in [6, 6.07) is 4.07. The minimum absolute atomic E-state index is 0.635. The molecule has 0 bridgehead atoms. The minimum Gasteiger partial charge on any atom is -0.494 e. The molecule has 0 aliphatic heterocycles. The van der Waals surface area contributed by atoms with Crippen LogP contribution in [0.15, 0.2) is 12.1 Å². The van der Waals surface area contributed by atoms with Gasteiger partial charge in [-0.1, -0.05) is 6.07 Å². The Bertz CT molecular complexity index is 571. The van der Waals surface area contributed by atoms with E-state index in [0.29, 0.717) is 4.77 Å². The molecule has 0 saturated heterocycles. The van der Waals surface area contributed by atoms with Crippen LogP contribution in [0, 0.1) is 4.77 Å². The standard InChI is InChI=1S/C12H17N3OS/c1-15(2)7-6-8-4-5-9(16-3)11-10(8)13-12(17)14-11/h4-5H,6-7H2,1-3H3,(H2,13,14,17). The highest BCUT2D eigenvalue weighted by molar-refractivity contribution is 7.71. The monoisotopic (exact) mass is 251 g/mol. The zero-order chi connectivity index (χ0) is 12.4. The number of hydrogen-bond acceptors (Lipinski definition) is 3. The fraction of sp³-hybridized carbons (Fsp3) is 0.417. The Labute approximate surface area is 106 Å². The molecule has 5 heteroatoms. The third kappa shape index (κ3) is 2.50. The summed E-state index contributed by atoms with van der Waals surface area (Å²) in [5.41, 5.74) is 3.26. The van der Waals surface area contributed by atoms with Crippen molar-refractivity contribution >= 4 is 23.3 Å². The molecule has 0 aliphatic rings. The summed E-state index contributed by atoms with van der Waals surface area (Å²) in [6.45, 7) is 1.01. The Kier molecular flexibility index (Phi) is 3.49. The molecule has 1 aromatic heterocycles. The van der Waals surface area contributed by atoms with Crippen LogP contribution in [-0.4, -0.2) is 42.6 Å². The molecule has 0 unspecified atom stereocenters. The first kappa shape index (κ1) is 12.1. The van der Waals surface area contributed by atoms with Crippen LogP contribution in [0.5, 0.6) is 5.75 Å². The number of imidazole rings is 1. The van der Waals surface area contributed by atoms with E-state index in [2.05, 4.69) is 35.0 Å². The second-order valence-corrected chi connectivity index (χ2v) is 4.72. The highest BCUT2D eigenvalue weighted by Crippen LogP contribution is 2.26. The van der Waals surface area contributed by atoms with Crippen LogP contribution in [0.4, 0.5) is 0 Å². The van der Waals surface area contributed by atoms with Crippen LogP contribution in [0.2, 0.25) is 0 Å². The summed E-state index contributed by atoms with van der Waals surface area (Å²) in [4.78, 5) is 8.48. The van der Waals surface area contributed by atoms with Gasteiger partial charge in [-0.25, -0.2) is 0 Å². The van der Waals surface area contributed by atoms with Gasteiger partial charge in [0.25, 0.3) is 0 Å².